The van der Waals surface area contributed by atoms with Gasteiger partial charge in [0.25, 0.3) is 0 Å². The van der Waals surface area contributed by atoms with E-state index in [0.29, 0.717) is 47.8 Å². The highest BCUT2D eigenvalue weighted by Gasteiger charge is 2.56. The fourth-order valence-electron chi connectivity index (χ4n) is 6.98. The number of nitrogens with two attached hydrogens (primary N) is 2. The number of halogens is 1. The van der Waals surface area contributed by atoms with Gasteiger partial charge < -0.3 is 16.6 Å². The molecule has 0 amide bonds. The first-order chi connectivity index (χ1) is 15.7. The molecule has 0 unspecified atom stereocenters. The van der Waals surface area contributed by atoms with Crippen molar-refractivity contribution in [2.45, 2.75) is 84.0 Å². The van der Waals surface area contributed by atoms with Crippen molar-refractivity contribution in [1.82, 2.24) is 0 Å². The lowest BCUT2D eigenvalue weighted by Crippen LogP contribution is -2.44. The van der Waals surface area contributed by atoms with Crippen molar-refractivity contribution in [2.24, 2.45) is 44.8 Å². The number of aliphatic carboxylic acids is 1. The first-order valence-electron chi connectivity index (χ1n) is 12.2. The molecule has 0 radical (unpaired) electrons. The van der Waals surface area contributed by atoms with E-state index in [1.165, 1.54) is 16.7 Å². The van der Waals surface area contributed by atoms with Crippen LogP contribution in [0.15, 0.2) is 32.0 Å². The van der Waals surface area contributed by atoms with Crippen LogP contribution >= 0.6 is 11.6 Å². The molecule has 4 aliphatic carbocycles. The molecule has 5 N–H and O–H groups in total. The van der Waals surface area contributed by atoms with Crippen molar-refractivity contribution >= 4 is 35.0 Å². The largest absolute Gasteiger partial charge is 0.481 e. The Labute approximate surface area is 200 Å². The lowest BCUT2D eigenvalue weighted by Gasteiger charge is -2.50. The van der Waals surface area contributed by atoms with Crippen LogP contribution in [0.3, 0.4) is 0 Å². The van der Waals surface area contributed by atoms with Gasteiger partial charge in [-0.2, -0.15) is 5.10 Å². The Bertz CT molecular complexity index is 963. The average molecular weight is 475 g/mol. The molecule has 2 fully saturated rings. The van der Waals surface area contributed by atoms with Crippen LogP contribution in [0, 0.1) is 23.2 Å². The number of nitrogens with zero attached hydrogens (tertiary/aromatic N) is 2. The predicted molar refractivity (Wildman–Crippen MR) is 130 cm³/mol. The van der Waals surface area contributed by atoms with Crippen LogP contribution in [-0.4, -0.2) is 28.5 Å². The van der Waals surface area contributed by atoms with E-state index < -0.39 is 5.97 Å². The molecular formula is C25H35ClN4O3. The number of Topliss-reactive ketones (excluding diaryl/α,β-unsaturated/α-hetero) is 1. The monoisotopic (exact) mass is 474 g/mol. The highest BCUT2D eigenvalue weighted by Crippen LogP contribution is 2.61. The van der Waals surface area contributed by atoms with Crippen LogP contribution in [0.25, 0.3) is 0 Å². The van der Waals surface area contributed by atoms with Crippen LogP contribution in [0.2, 0.25) is 0 Å². The molecule has 0 aromatic carbocycles. The van der Waals surface area contributed by atoms with E-state index in [0.717, 1.165) is 57.1 Å². The molecule has 33 heavy (non-hydrogen) atoms. The minimum absolute atomic E-state index is 0.0785. The quantitative estimate of drug-likeness (QED) is 0.214. The minimum Gasteiger partial charge on any atom is -0.481 e. The molecule has 4 aliphatic rings. The minimum atomic E-state index is -0.735. The van der Waals surface area contributed by atoms with E-state index in [1.54, 1.807) is 0 Å². The number of rotatable bonds is 7. The zero-order valence-corrected chi connectivity index (χ0v) is 20.2. The number of unbranched alkanes of at least 4 members (excludes halogenated alkanes) is 2. The van der Waals surface area contributed by atoms with Gasteiger partial charge in [-0.25, -0.2) is 0 Å². The lowest BCUT2D eigenvalue weighted by molar-refractivity contribution is -0.137. The van der Waals surface area contributed by atoms with Gasteiger partial charge in [-0.3, -0.25) is 9.59 Å². The zero-order chi connectivity index (χ0) is 23.8. The van der Waals surface area contributed by atoms with Crippen LogP contribution in [-0.2, 0) is 9.59 Å². The second kappa shape index (κ2) is 9.61. The lowest BCUT2D eigenvalue weighted by atomic mass is 9.53. The smallest absolute Gasteiger partial charge is 0.303 e. The summed E-state index contributed by atoms with van der Waals surface area (Å²) in [6, 6.07) is 0. The molecule has 7 nitrogen and oxygen atoms in total. The topological polar surface area (TPSA) is 131 Å². The normalized spacial score (nSPS) is 32.5. The summed E-state index contributed by atoms with van der Waals surface area (Å²) < 4.78 is 0. The predicted octanol–water partition coefficient (Wildman–Crippen LogP) is 4.65. The van der Waals surface area contributed by atoms with Crippen molar-refractivity contribution in [3.8, 4) is 0 Å². The molecule has 0 aromatic rings. The summed E-state index contributed by atoms with van der Waals surface area (Å²) in [5.74, 6) is 0.842. The first kappa shape index (κ1) is 24.0. The third-order valence-corrected chi connectivity index (χ3v) is 8.86. The number of guanidine groups is 1. The number of fused-ring (bicyclic) bond motifs is 4. The van der Waals surface area contributed by atoms with Crippen molar-refractivity contribution in [3.05, 3.63) is 21.8 Å². The second-order valence-electron chi connectivity index (χ2n) is 10.3. The van der Waals surface area contributed by atoms with Gasteiger partial charge >= 0.3 is 5.97 Å². The Hall–Kier alpha value is -2.15. The van der Waals surface area contributed by atoms with Crippen LogP contribution in [0.1, 0.15) is 84.0 Å². The Kier molecular flexibility index (Phi) is 6.99. The third-order valence-electron chi connectivity index (χ3n) is 8.41. The van der Waals surface area contributed by atoms with Gasteiger partial charge in [0.1, 0.15) is 5.78 Å². The van der Waals surface area contributed by atoms with Gasteiger partial charge in [0.05, 0.1) is 10.7 Å². The fourth-order valence-corrected chi connectivity index (χ4v) is 7.32. The van der Waals surface area contributed by atoms with E-state index in [9.17, 15) is 9.59 Å². The van der Waals surface area contributed by atoms with Crippen molar-refractivity contribution in [3.63, 3.8) is 0 Å². The van der Waals surface area contributed by atoms with E-state index >= 15 is 0 Å². The van der Waals surface area contributed by atoms with Crippen molar-refractivity contribution in [1.29, 1.82) is 0 Å². The molecular weight excluding hydrogens is 440 g/mol. The summed E-state index contributed by atoms with van der Waals surface area (Å²) in [4.78, 5) is 23.8. The molecule has 180 valence electrons. The number of carbonyl (C=O) groups is 2. The molecule has 0 saturated heterocycles. The first-order valence-corrected chi connectivity index (χ1v) is 12.6. The standard InChI is InChI=1S/C25H35ClN4O3/c1-25-13-14(5-3-2-4-6-21(32)33)22-15-9-11-19(29-30-24(27)28)23(26)16(15)7-8-17(22)18(25)10-12-20(25)31/h14,17-18H,2-13H2,1H3,(H,32,33)(H4,27,28,30)/t14-,17-,18-,25-/m0/s1. The maximum absolute atomic E-state index is 12.9. The van der Waals surface area contributed by atoms with E-state index in [-0.39, 0.29) is 17.8 Å². The second-order valence-corrected chi connectivity index (χ2v) is 10.7. The van der Waals surface area contributed by atoms with E-state index in [1.807, 2.05) is 0 Å². The molecule has 0 aromatic heterocycles. The summed E-state index contributed by atoms with van der Waals surface area (Å²) in [5, 5.41) is 17.6. The van der Waals surface area contributed by atoms with Crippen molar-refractivity contribution in [2.75, 3.05) is 0 Å². The maximum Gasteiger partial charge on any atom is 0.303 e. The third kappa shape index (κ3) is 4.61. The summed E-state index contributed by atoms with van der Waals surface area (Å²) in [6.07, 6.45) is 9.92. The maximum atomic E-state index is 12.9. The molecule has 4 atom stereocenters. The number of carboxylic acids is 1. The number of ketones is 1. The van der Waals surface area contributed by atoms with Gasteiger partial charge in [-0.05, 0) is 80.3 Å². The van der Waals surface area contributed by atoms with E-state index in [4.69, 9.17) is 28.2 Å². The molecule has 0 heterocycles. The summed E-state index contributed by atoms with van der Waals surface area (Å²) in [7, 11) is 0. The highest BCUT2D eigenvalue weighted by atomic mass is 35.5. The summed E-state index contributed by atoms with van der Waals surface area (Å²) in [5.41, 5.74) is 15.5. The Morgan fingerprint density at radius 3 is 2.64 bits per heavy atom. The fraction of sp³-hybridized carbons (Fsp3) is 0.680. The van der Waals surface area contributed by atoms with Gasteiger partial charge in [0.2, 0.25) is 5.96 Å². The number of hydrogen-bond acceptors (Lipinski definition) is 4. The summed E-state index contributed by atoms with van der Waals surface area (Å²) in [6.45, 7) is 2.20. The molecule has 0 aliphatic heterocycles. The van der Waals surface area contributed by atoms with Crippen LogP contribution in [0.4, 0.5) is 0 Å². The SMILES string of the molecule is C[C@]12C[C@H](CCCCCC(=O)O)C3=C4CCC(=NN=C(N)N)C(Cl)=C4CC[C@H]3[C@@H]1CCC2=O. The molecule has 8 heteroatoms. The molecule has 4 rings (SSSR count). The Morgan fingerprint density at radius 1 is 1.12 bits per heavy atom. The van der Waals surface area contributed by atoms with Gasteiger partial charge in [0, 0.05) is 18.3 Å². The number of allylic oxidation sites excluding steroid dienone is 4. The van der Waals surface area contributed by atoms with Gasteiger partial charge in [0.15, 0.2) is 0 Å². The van der Waals surface area contributed by atoms with E-state index in [2.05, 4.69) is 17.1 Å². The van der Waals surface area contributed by atoms with Crippen LogP contribution < -0.4 is 11.5 Å². The van der Waals surface area contributed by atoms with Crippen LogP contribution in [0.5, 0.6) is 0 Å². The zero-order valence-electron chi connectivity index (χ0n) is 19.4. The van der Waals surface area contributed by atoms with Gasteiger partial charge in [-0.15, -0.1) is 5.10 Å². The summed E-state index contributed by atoms with van der Waals surface area (Å²) >= 11 is 6.81. The molecule has 2 saturated carbocycles. The Morgan fingerprint density at radius 2 is 1.91 bits per heavy atom. The number of hydrogen-bond donors (Lipinski definition) is 3. The average Bonchev–Trinajstić information content (AvgIpc) is 3.06. The molecule has 0 bridgehead atoms. The number of carbonyl (C=O) groups excluding carboxylic acids is 1. The molecule has 0 spiro atoms. The highest BCUT2D eigenvalue weighted by molar-refractivity contribution is 6.44. The van der Waals surface area contributed by atoms with Gasteiger partial charge in [-0.1, -0.05) is 36.9 Å². The Balaban J connectivity index is 1.66. The number of carboxylic acid groups (broad SMARTS) is 1. The van der Waals surface area contributed by atoms with Crippen molar-refractivity contribution < 1.29 is 14.7 Å².